The van der Waals surface area contributed by atoms with Crippen molar-refractivity contribution >= 4 is 15.9 Å². The van der Waals surface area contributed by atoms with E-state index in [1.807, 2.05) is 37.3 Å². The molecule has 1 saturated heterocycles. The van der Waals surface area contributed by atoms with Crippen LogP contribution >= 0.6 is 0 Å². The van der Waals surface area contributed by atoms with Crippen molar-refractivity contribution in [2.45, 2.75) is 37.6 Å². The number of amides is 1. The van der Waals surface area contributed by atoms with Crippen LogP contribution in [0.25, 0.3) is 0 Å². The molecule has 0 spiro atoms. The van der Waals surface area contributed by atoms with Gasteiger partial charge in [0.1, 0.15) is 5.75 Å². The predicted octanol–water partition coefficient (Wildman–Crippen LogP) is 3.29. The Morgan fingerprint density at radius 2 is 1.66 bits per heavy atom. The van der Waals surface area contributed by atoms with Crippen molar-refractivity contribution in [3.8, 4) is 5.75 Å². The van der Waals surface area contributed by atoms with Crippen LogP contribution in [0.1, 0.15) is 31.7 Å². The summed E-state index contributed by atoms with van der Waals surface area (Å²) < 4.78 is 33.4. The number of carbonyl (C=O) groups is 1. The summed E-state index contributed by atoms with van der Waals surface area (Å²) in [5.41, 5.74) is 0.841. The first-order valence-corrected chi connectivity index (χ1v) is 11.5. The van der Waals surface area contributed by atoms with Crippen molar-refractivity contribution in [2.75, 3.05) is 26.2 Å². The highest BCUT2D eigenvalue weighted by Gasteiger charge is 2.29. The molecule has 1 fully saturated rings. The van der Waals surface area contributed by atoms with Gasteiger partial charge in [-0.05, 0) is 56.0 Å². The lowest BCUT2D eigenvalue weighted by Gasteiger charge is -2.29. The molecule has 0 aliphatic carbocycles. The van der Waals surface area contributed by atoms with Gasteiger partial charge in [-0.1, -0.05) is 30.3 Å². The van der Waals surface area contributed by atoms with Crippen LogP contribution in [0.15, 0.2) is 59.5 Å². The predicted molar refractivity (Wildman–Crippen MR) is 112 cm³/mol. The molecule has 3 rings (SSSR count). The van der Waals surface area contributed by atoms with Gasteiger partial charge in [0.2, 0.25) is 15.9 Å². The molecule has 2 aromatic carbocycles. The number of piperidine rings is 1. The highest BCUT2D eigenvalue weighted by Crippen LogP contribution is 2.22. The maximum absolute atomic E-state index is 13.3. The lowest BCUT2D eigenvalue weighted by Crippen LogP contribution is -2.44. The molecule has 0 bridgehead atoms. The average Bonchev–Trinajstić information content (AvgIpc) is 2.75. The van der Waals surface area contributed by atoms with Gasteiger partial charge in [-0.25, -0.2) is 8.42 Å². The average molecular weight is 417 g/mol. The van der Waals surface area contributed by atoms with Crippen molar-refractivity contribution in [2.24, 2.45) is 0 Å². The fourth-order valence-electron chi connectivity index (χ4n) is 3.43. The van der Waals surface area contributed by atoms with E-state index in [1.165, 1.54) is 16.4 Å². The molecule has 1 amide bonds. The summed E-state index contributed by atoms with van der Waals surface area (Å²) in [6, 6.07) is 15.7. The van der Waals surface area contributed by atoms with Crippen LogP contribution < -0.4 is 4.74 Å². The monoisotopic (exact) mass is 416 g/mol. The Morgan fingerprint density at radius 1 is 1.00 bits per heavy atom. The van der Waals surface area contributed by atoms with Crippen molar-refractivity contribution in [3.63, 3.8) is 0 Å². The normalized spacial score (nSPS) is 14.8. The zero-order chi connectivity index (χ0) is 20.7. The number of ether oxygens (including phenoxy) is 1. The van der Waals surface area contributed by atoms with Crippen LogP contribution in [-0.4, -0.2) is 49.8 Å². The Morgan fingerprint density at radius 3 is 2.28 bits per heavy atom. The Bertz CT molecular complexity index is 892. The first-order valence-electron chi connectivity index (χ1n) is 10.1. The fraction of sp³-hybridized carbons (Fsp3) is 0.409. The summed E-state index contributed by atoms with van der Waals surface area (Å²) in [5, 5.41) is 0. The second kappa shape index (κ2) is 9.89. The third-order valence-electron chi connectivity index (χ3n) is 4.99. The molecule has 6 nitrogen and oxygen atoms in total. The van der Waals surface area contributed by atoms with Gasteiger partial charge in [0.05, 0.1) is 18.0 Å². The lowest BCUT2D eigenvalue weighted by molar-refractivity contribution is -0.132. The van der Waals surface area contributed by atoms with Crippen molar-refractivity contribution in [1.29, 1.82) is 0 Å². The number of rotatable bonds is 8. The summed E-state index contributed by atoms with van der Waals surface area (Å²) in [4.78, 5) is 14.7. The molecule has 0 atom stereocenters. The minimum Gasteiger partial charge on any atom is -0.494 e. The van der Waals surface area contributed by atoms with E-state index in [-0.39, 0.29) is 23.9 Å². The molecule has 1 aliphatic heterocycles. The Labute approximate surface area is 173 Å². The third kappa shape index (κ3) is 5.58. The standard InChI is InChI=1S/C22H28N2O4S/c1-2-28-20-11-13-21(14-12-20)29(26,27)24(17-19-9-5-3-6-10-19)18-22(25)23-15-7-4-8-16-23/h3,5-6,9-14H,2,4,7-8,15-18H2,1H3. The highest BCUT2D eigenvalue weighted by atomic mass is 32.2. The summed E-state index contributed by atoms with van der Waals surface area (Å²) in [5.74, 6) is 0.473. The minimum absolute atomic E-state index is 0.143. The third-order valence-corrected chi connectivity index (χ3v) is 6.80. The summed E-state index contributed by atoms with van der Waals surface area (Å²) in [6.45, 7) is 3.76. The molecule has 7 heteroatoms. The minimum atomic E-state index is -3.83. The summed E-state index contributed by atoms with van der Waals surface area (Å²) in [7, 11) is -3.83. The fourth-order valence-corrected chi connectivity index (χ4v) is 4.81. The number of sulfonamides is 1. The van der Waals surface area contributed by atoms with Gasteiger partial charge < -0.3 is 9.64 Å². The molecule has 2 aromatic rings. The van der Waals surface area contributed by atoms with Crippen LogP contribution in [0, 0.1) is 0 Å². The van der Waals surface area contributed by atoms with Crippen molar-refractivity contribution < 1.29 is 17.9 Å². The molecular formula is C22H28N2O4S. The molecule has 0 unspecified atom stereocenters. The molecular weight excluding hydrogens is 388 g/mol. The Kier molecular flexibility index (Phi) is 7.28. The zero-order valence-electron chi connectivity index (χ0n) is 16.8. The van der Waals surface area contributed by atoms with Gasteiger partial charge in [0.25, 0.3) is 0 Å². The van der Waals surface area contributed by atoms with E-state index in [4.69, 9.17) is 4.74 Å². The molecule has 0 radical (unpaired) electrons. The smallest absolute Gasteiger partial charge is 0.243 e. The highest BCUT2D eigenvalue weighted by molar-refractivity contribution is 7.89. The van der Waals surface area contributed by atoms with E-state index in [0.717, 1.165) is 24.8 Å². The molecule has 156 valence electrons. The van der Waals surface area contributed by atoms with Gasteiger partial charge in [0.15, 0.2) is 0 Å². The topological polar surface area (TPSA) is 66.9 Å². The first kappa shape index (κ1) is 21.3. The van der Waals surface area contributed by atoms with Gasteiger partial charge in [-0.3, -0.25) is 4.79 Å². The SMILES string of the molecule is CCOc1ccc(S(=O)(=O)N(CC(=O)N2CCCCC2)Cc2ccccc2)cc1. The van der Waals surface area contributed by atoms with E-state index in [1.54, 1.807) is 17.0 Å². The van der Waals surface area contributed by atoms with Gasteiger partial charge in [-0.15, -0.1) is 0 Å². The molecule has 1 aliphatic rings. The van der Waals surface area contributed by atoms with Crippen LogP contribution in [-0.2, 0) is 21.4 Å². The maximum atomic E-state index is 13.3. The Hall–Kier alpha value is -2.38. The number of benzene rings is 2. The van der Waals surface area contributed by atoms with Crippen LogP contribution in [0.2, 0.25) is 0 Å². The quantitative estimate of drug-likeness (QED) is 0.662. The van der Waals surface area contributed by atoms with E-state index < -0.39 is 10.0 Å². The lowest BCUT2D eigenvalue weighted by atomic mass is 10.1. The van der Waals surface area contributed by atoms with Gasteiger partial charge in [-0.2, -0.15) is 4.31 Å². The van der Waals surface area contributed by atoms with Gasteiger partial charge >= 0.3 is 0 Å². The van der Waals surface area contributed by atoms with E-state index in [2.05, 4.69) is 0 Å². The molecule has 0 aromatic heterocycles. The zero-order valence-corrected chi connectivity index (χ0v) is 17.6. The number of hydrogen-bond donors (Lipinski definition) is 0. The van der Waals surface area contributed by atoms with Crippen LogP contribution in [0.3, 0.4) is 0 Å². The maximum Gasteiger partial charge on any atom is 0.243 e. The largest absolute Gasteiger partial charge is 0.494 e. The molecule has 29 heavy (non-hydrogen) atoms. The van der Waals surface area contributed by atoms with Crippen molar-refractivity contribution in [1.82, 2.24) is 9.21 Å². The van der Waals surface area contributed by atoms with E-state index in [9.17, 15) is 13.2 Å². The Balaban J connectivity index is 1.84. The number of nitrogens with zero attached hydrogens (tertiary/aromatic N) is 2. The second-order valence-electron chi connectivity index (χ2n) is 7.10. The van der Waals surface area contributed by atoms with Gasteiger partial charge in [0, 0.05) is 19.6 Å². The molecule has 0 N–H and O–H groups in total. The number of hydrogen-bond acceptors (Lipinski definition) is 4. The first-order chi connectivity index (χ1) is 14.0. The molecule has 1 heterocycles. The summed E-state index contributed by atoms with van der Waals surface area (Å²) in [6.07, 6.45) is 3.05. The van der Waals surface area contributed by atoms with Crippen molar-refractivity contribution in [3.05, 3.63) is 60.2 Å². The second-order valence-corrected chi connectivity index (χ2v) is 9.04. The van der Waals surface area contributed by atoms with Crippen LogP contribution in [0.4, 0.5) is 0 Å². The summed E-state index contributed by atoms with van der Waals surface area (Å²) >= 11 is 0. The number of likely N-dealkylation sites (tertiary alicyclic amines) is 1. The van der Waals surface area contributed by atoms with Crippen LogP contribution in [0.5, 0.6) is 5.75 Å². The molecule has 0 saturated carbocycles. The van der Waals surface area contributed by atoms with E-state index >= 15 is 0 Å². The number of carbonyl (C=O) groups excluding carboxylic acids is 1. The van der Waals surface area contributed by atoms with E-state index in [0.29, 0.717) is 25.4 Å².